The maximum atomic E-state index is 4.52. The summed E-state index contributed by atoms with van der Waals surface area (Å²) in [5.41, 5.74) is 5.49. The van der Waals surface area contributed by atoms with Crippen LogP contribution in [-0.4, -0.2) is 9.55 Å². The number of fused-ring (bicyclic) bond motifs is 6. The number of rotatable bonds is 2. The first kappa shape index (κ1) is 20.3. The molecule has 0 fully saturated rings. The third kappa shape index (κ3) is 3.14. The summed E-state index contributed by atoms with van der Waals surface area (Å²) in [5.74, 6) is 0. The van der Waals surface area contributed by atoms with Crippen molar-refractivity contribution in [2.45, 2.75) is 0 Å². The molecule has 0 amide bonds. The Kier molecular flexibility index (Phi) is 4.88. The second kappa shape index (κ2) is 7.93. The molecule has 33 heavy (non-hydrogen) atoms. The molecule has 1 radical (unpaired) electrons. The first-order chi connectivity index (χ1) is 15.9. The van der Waals surface area contributed by atoms with Gasteiger partial charge >= 0.3 is 0 Å². The maximum absolute atomic E-state index is 4.52. The quantitative estimate of drug-likeness (QED) is 0.180. The first-order valence-corrected chi connectivity index (χ1v) is 11.5. The number of benzene rings is 4. The van der Waals surface area contributed by atoms with Crippen LogP contribution in [0, 0.1) is 6.07 Å². The minimum atomic E-state index is 0. The van der Waals surface area contributed by atoms with Crippen molar-refractivity contribution in [3.8, 4) is 16.9 Å². The van der Waals surface area contributed by atoms with Gasteiger partial charge in [0.1, 0.15) is 0 Å². The molecule has 159 valence electrons. The van der Waals surface area contributed by atoms with Gasteiger partial charge in [-0.2, -0.15) is 0 Å². The van der Waals surface area contributed by atoms with Gasteiger partial charge < -0.3 is 9.55 Å². The average Bonchev–Trinajstić information content (AvgIpc) is 3.38. The fourth-order valence-electron chi connectivity index (χ4n) is 4.73. The van der Waals surface area contributed by atoms with Crippen LogP contribution in [0.3, 0.4) is 0 Å². The minimum absolute atomic E-state index is 0. The third-order valence-corrected chi connectivity index (χ3v) is 7.29. The van der Waals surface area contributed by atoms with Crippen LogP contribution >= 0.6 is 11.3 Å². The van der Waals surface area contributed by atoms with Gasteiger partial charge in [0.05, 0.1) is 11.0 Å². The Labute approximate surface area is 208 Å². The zero-order valence-electron chi connectivity index (χ0n) is 17.5. The van der Waals surface area contributed by atoms with Crippen LogP contribution < -0.4 is 0 Å². The summed E-state index contributed by atoms with van der Waals surface area (Å²) in [6.07, 6.45) is 1.83. The van der Waals surface area contributed by atoms with Crippen LogP contribution in [0.15, 0.2) is 103 Å². The molecule has 7 aromatic rings. The fraction of sp³-hybridized carbons (Fsp3) is 0. The number of nitrogens with zero attached hydrogens (tertiary/aromatic N) is 2. The molecule has 4 heteroatoms. The molecule has 0 aliphatic carbocycles. The van der Waals surface area contributed by atoms with Crippen molar-refractivity contribution < 1.29 is 20.1 Å². The zero-order valence-corrected chi connectivity index (χ0v) is 20.7. The van der Waals surface area contributed by atoms with E-state index >= 15 is 0 Å². The van der Waals surface area contributed by atoms with Gasteiger partial charge in [0, 0.05) is 57.2 Å². The van der Waals surface area contributed by atoms with Gasteiger partial charge in [0.15, 0.2) is 0 Å². The van der Waals surface area contributed by atoms with Crippen molar-refractivity contribution in [3.05, 3.63) is 109 Å². The standard InChI is InChI=1S/C29H17N2S.Ir/c1-3-13-26-21(10-1)23-17-24-22-11-2-4-14-28(22)32-29(24)18-27(23)31(26)20-9-7-8-19(16-20)25-12-5-6-15-30-25;/h1-7,9-18H;/q-1;. The van der Waals surface area contributed by atoms with Gasteiger partial charge in [-0.3, -0.25) is 0 Å². The molecule has 0 saturated carbocycles. The van der Waals surface area contributed by atoms with E-state index in [0.29, 0.717) is 0 Å². The van der Waals surface area contributed by atoms with E-state index in [-0.39, 0.29) is 20.1 Å². The summed E-state index contributed by atoms with van der Waals surface area (Å²) < 4.78 is 5.02. The molecule has 0 aliphatic heterocycles. The normalized spacial score (nSPS) is 11.4. The molecule has 0 aliphatic rings. The first-order valence-electron chi connectivity index (χ1n) is 10.6. The van der Waals surface area contributed by atoms with Crippen LogP contribution in [-0.2, 0) is 20.1 Å². The minimum Gasteiger partial charge on any atom is -0.327 e. The molecule has 0 N–H and O–H groups in total. The molecule has 0 spiro atoms. The van der Waals surface area contributed by atoms with E-state index < -0.39 is 0 Å². The molecule has 2 nitrogen and oxygen atoms in total. The molecule has 0 saturated heterocycles. The molecular weight excluding hydrogens is 601 g/mol. The molecule has 3 heterocycles. The second-order valence-corrected chi connectivity index (χ2v) is 9.08. The third-order valence-electron chi connectivity index (χ3n) is 6.16. The number of para-hydroxylation sites is 1. The number of hydrogen-bond acceptors (Lipinski definition) is 2. The van der Waals surface area contributed by atoms with Crippen LogP contribution in [0.25, 0.3) is 58.9 Å². The Morgan fingerprint density at radius 3 is 2.36 bits per heavy atom. The van der Waals surface area contributed by atoms with Gasteiger partial charge in [-0.05, 0) is 41.7 Å². The largest absolute Gasteiger partial charge is 0.327 e. The molecule has 0 bridgehead atoms. The van der Waals surface area contributed by atoms with E-state index in [9.17, 15) is 0 Å². The summed E-state index contributed by atoms with van der Waals surface area (Å²) in [4.78, 5) is 4.52. The van der Waals surface area contributed by atoms with Crippen molar-refractivity contribution in [3.63, 3.8) is 0 Å². The Balaban J connectivity index is 0.00000206. The fourth-order valence-corrected chi connectivity index (χ4v) is 5.85. The molecular formula is C29H17IrN2S-. The van der Waals surface area contributed by atoms with E-state index in [1.54, 1.807) is 0 Å². The van der Waals surface area contributed by atoms with Crippen LogP contribution in [0.5, 0.6) is 0 Å². The van der Waals surface area contributed by atoms with Gasteiger partial charge in [-0.15, -0.1) is 41.2 Å². The monoisotopic (exact) mass is 618 g/mol. The predicted molar refractivity (Wildman–Crippen MR) is 136 cm³/mol. The molecule has 4 aromatic carbocycles. The SMILES string of the molecule is [Ir].[c-]1ccc(-n2c3ccccc3c3cc4c(cc32)sc2ccccc24)cc1-c1ccccn1. The van der Waals surface area contributed by atoms with Gasteiger partial charge in [0.25, 0.3) is 0 Å². The summed E-state index contributed by atoms with van der Waals surface area (Å²) in [6.45, 7) is 0. The number of thiophene rings is 1. The molecule has 0 unspecified atom stereocenters. The number of aromatic nitrogens is 2. The van der Waals surface area contributed by atoms with Crippen LogP contribution in [0.1, 0.15) is 0 Å². The van der Waals surface area contributed by atoms with Crippen molar-refractivity contribution in [2.75, 3.05) is 0 Å². The van der Waals surface area contributed by atoms with Crippen molar-refractivity contribution >= 4 is 53.3 Å². The van der Waals surface area contributed by atoms with Crippen LogP contribution in [0.2, 0.25) is 0 Å². The van der Waals surface area contributed by atoms with Crippen molar-refractivity contribution in [1.29, 1.82) is 0 Å². The van der Waals surface area contributed by atoms with E-state index in [2.05, 4.69) is 88.4 Å². The van der Waals surface area contributed by atoms with Gasteiger partial charge in [-0.1, -0.05) is 48.5 Å². The Hall–Kier alpha value is -3.30. The Bertz CT molecular complexity index is 1780. The van der Waals surface area contributed by atoms with E-state index in [4.69, 9.17) is 0 Å². The Morgan fingerprint density at radius 1 is 0.667 bits per heavy atom. The summed E-state index contributed by atoms with van der Waals surface area (Å²) in [6, 6.07) is 37.7. The van der Waals surface area contributed by atoms with Gasteiger partial charge in [-0.25, -0.2) is 0 Å². The molecule has 7 rings (SSSR count). The predicted octanol–water partition coefficient (Wildman–Crippen LogP) is 8.01. The topological polar surface area (TPSA) is 17.8 Å². The van der Waals surface area contributed by atoms with Gasteiger partial charge in [0.2, 0.25) is 0 Å². The van der Waals surface area contributed by atoms with Crippen molar-refractivity contribution in [2.24, 2.45) is 0 Å². The molecule has 0 atom stereocenters. The van der Waals surface area contributed by atoms with E-state index in [1.165, 1.54) is 42.0 Å². The zero-order chi connectivity index (χ0) is 21.1. The molecule has 3 aromatic heterocycles. The summed E-state index contributed by atoms with van der Waals surface area (Å²) >= 11 is 1.86. The van der Waals surface area contributed by atoms with Crippen LogP contribution in [0.4, 0.5) is 0 Å². The average molecular weight is 618 g/mol. The van der Waals surface area contributed by atoms with Crippen molar-refractivity contribution in [1.82, 2.24) is 9.55 Å². The smallest absolute Gasteiger partial charge is 0.0538 e. The summed E-state index contributed by atoms with van der Waals surface area (Å²) in [5, 5.41) is 5.21. The van der Waals surface area contributed by atoms with E-state index in [0.717, 1.165) is 16.9 Å². The number of pyridine rings is 1. The maximum Gasteiger partial charge on any atom is 0.0538 e. The Morgan fingerprint density at radius 2 is 1.48 bits per heavy atom. The second-order valence-electron chi connectivity index (χ2n) is 7.99. The summed E-state index contributed by atoms with van der Waals surface area (Å²) in [7, 11) is 0. The number of hydrogen-bond donors (Lipinski definition) is 0. The van der Waals surface area contributed by atoms with E-state index in [1.807, 2.05) is 41.8 Å².